The summed E-state index contributed by atoms with van der Waals surface area (Å²) >= 11 is 12.3. The van der Waals surface area contributed by atoms with Crippen LogP contribution in [0.25, 0.3) is 10.9 Å². The van der Waals surface area contributed by atoms with E-state index >= 15 is 0 Å². The predicted molar refractivity (Wildman–Crippen MR) is 86.2 cm³/mol. The molecule has 1 amide bonds. The lowest BCUT2D eigenvalue weighted by Crippen LogP contribution is -2.46. The largest absolute Gasteiger partial charge is 0.481 e. The third-order valence-electron chi connectivity index (χ3n) is 3.74. The number of nitrogens with zero attached hydrogens (tertiary/aromatic N) is 1. The standard InChI is InChI=1S/C15H14Cl2N2O4/c16-8-1-2-11-10(5-8)13(17)14(18-11)15(22)19-3-4-23-9(7-19)6-12(20)21/h1-2,5,9,18H,3-4,6-7H2,(H,20,21). The van der Waals surface area contributed by atoms with Crippen LogP contribution >= 0.6 is 23.2 Å². The zero-order chi connectivity index (χ0) is 16.6. The summed E-state index contributed by atoms with van der Waals surface area (Å²) in [5.74, 6) is -1.23. The summed E-state index contributed by atoms with van der Waals surface area (Å²) in [6.45, 7) is 0.909. The molecule has 1 saturated heterocycles. The topological polar surface area (TPSA) is 82.6 Å². The Labute approximate surface area is 141 Å². The number of aliphatic carboxylic acids is 1. The van der Waals surface area contributed by atoms with E-state index in [0.29, 0.717) is 28.6 Å². The van der Waals surface area contributed by atoms with E-state index in [1.165, 1.54) is 0 Å². The number of nitrogens with one attached hydrogen (secondary N) is 1. The monoisotopic (exact) mass is 356 g/mol. The molecule has 1 aromatic carbocycles. The number of H-pyrrole nitrogens is 1. The van der Waals surface area contributed by atoms with E-state index in [2.05, 4.69) is 4.98 Å². The van der Waals surface area contributed by atoms with Gasteiger partial charge in [-0.25, -0.2) is 0 Å². The molecule has 0 aliphatic carbocycles. The average Bonchev–Trinajstić information content (AvgIpc) is 2.83. The quantitative estimate of drug-likeness (QED) is 0.885. The second kappa shape index (κ2) is 6.39. The van der Waals surface area contributed by atoms with Gasteiger partial charge in [0.05, 0.1) is 24.2 Å². The van der Waals surface area contributed by atoms with Gasteiger partial charge in [-0.05, 0) is 18.2 Å². The highest BCUT2D eigenvalue weighted by atomic mass is 35.5. The highest BCUT2D eigenvalue weighted by Crippen LogP contribution is 2.30. The normalized spacial score (nSPS) is 18.3. The van der Waals surface area contributed by atoms with Crippen molar-refractivity contribution in [1.82, 2.24) is 9.88 Å². The van der Waals surface area contributed by atoms with Gasteiger partial charge in [0, 0.05) is 29.0 Å². The van der Waals surface area contributed by atoms with Crippen LogP contribution < -0.4 is 0 Å². The fourth-order valence-corrected chi connectivity index (χ4v) is 3.12. The zero-order valence-electron chi connectivity index (χ0n) is 12.0. The first-order valence-electron chi connectivity index (χ1n) is 7.05. The molecule has 3 rings (SSSR count). The minimum atomic E-state index is -0.956. The van der Waals surface area contributed by atoms with Gasteiger partial charge in [0.1, 0.15) is 5.69 Å². The van der Waals surface area contributed by atoms with Gasteiger partial charge in [-0.3, -0.25) is 9.59 Å². The zero-order valence-corrected chi connectivity index (χ0v) is 13.5. The number of rotatable bonds is 3. The molecule has 0 radical (unpaired) electrons. The molecule has 0 saturated carbocycles. The number of carbonyl (C=O) groups excluding carboxylic acids is 1. The molecule has 8 heteroatoms. The van der Waals surface area contributed by atoms with Crippen molar-refractivity contribution in [2.45, 2.75) is 12.5 Å². The maximum absolute atomic E-state index is 12.7. The molecule has 0 spiro atoms. The predicted octanol–water partition coefficient (Wildman–Crippen LogP) is 2.79. The number of hydrogen-bond acceptors (Lipinski definition) is 3. The highest BCUT2D eigenvalue weighted by molar-refractivity contribution is 6.39. The maximum atomic E-state index is 12.7. The van der Waals surface area contributed by atoms with E-state index in [4.69, 9.17) is 33.0 Å². The number of aromatic nitrogens is 1. The molecule has 1 fully saturated rings. The first kappa shape index (κ1) is 16.1. The van der Waals surface area contributed by atoms with E-state index in [1.807, 2.05) is 0 Å². The Kier molecular flexibility index (Phi) is 4.48. The number of halogens is 2. The van der Waals surface area contributed by atoms with Crippen molar-refractivity contribution in [2.75, 3.05) is 19.7 Å². The number of aromatic amines is 1. The van der Waals surface area contributed by atoms with E-state index in [-0.39, 0.29) is 24.6 Å². The Balaban J connectivity index is 1.85. The molecule has 122 valence electrons. The Bertz CT molecular complexity index is 774. The van der Waals surface area contributed by atoms with E-state index in [0.717, 1.165) is 5.52 Å². The van der Waals surface area contributed by atoms with Crippen LogP contribution in [0.1, 0.15) is 16.9 Å². The Morgan fingerprint density at radius 3 is 2.91 bits per heavy atom. The van der Waals surface area contributed by atoms with E-state index < -0.39 is 12.1 Å². The number of benzene rings is 1. The SMILES string of the molecule is O=C(O)CC1CN(C(=O)c2[nH]c3ccc(Cl)cc3c2Cl)CCO1. The summed E-state index contributed by atoms with van der Waals surface area (Å²) in [5.41, 5.74) is 0.998. The van der Waals surface area contributed by atoms with Crippen LogP contribution in [0.5, 0.6) is 0 Å². The molecule has 1 aromatic heterocycles. The fraction of sp³-hybridized carbons (Fsp3) is 0.333. The number of carboxylic acids is 1. The third-order valence-corrected chi connectivity index (χ3v) is 4.37. The molecule has 1 aliphatic rings. The van der Waals surface area contributed by atoms with Gasteiger partial charge in [0.2, 0.25) is 0 Å². The van der Waals surface area contributed by atoms with Crippen LogP contribution in [-0.4, -0.2) is 52.7 Å². The summed E-state index contributed by atoms with van der Waals surface area (Å²) in [6, 6.07) is 5.16. The third kappa shape index (κ3) is 3.29. The summed E-state index contributed by atoms with van der Waals surface area (Å²) in [5, 5.41) is 10.4. The van der Waals surface area contributed by atoms with Gasteiger partial charge in [-0.2, -0.15) is 0 Å². The van der Waals surface area contributed by atoms with Gasteiger partial charge in [0.15, 0.2) is 0 Å². The lowest BCUT2D eigenvalue weighted by atomic mass is 10.2. The van der Waals surface area contributed by atoms with Crippen LogP contribution in [0.3, 0.4) is 0 Å². The minimum Gasteiger partial charge on any atom is -0.481 e. The number of ether oxygens (including phenoxy) is 1. The second-order valence-corrected chi connectivity index (χ2v) is 6.16. The molecule has 23 heavy (non-hydrogen) atoms. The molecule has 2 aromatic rings. The van der Waals surface area contributed by atoms with Crippen LogP contribution in [0, 0.1) is 0 Å². The molecule has 6 nitrogen and oxygen atoms in total. The number of carboxylic acid groups (broad SMARTS) is 1. The molecular weight excluding hydrogens is 343 g/mol. The smallest absolute Gasteiger partial charge is 0.306 e. The van der Waals surface area contributed by atoms with Crippen molar-refractivity contribution in [1.29, 1.82) is 0 Å². The van der Waals surface area contributed by atoms with Crippen LogP contribution in [0.15, 0.2) is 18.2 Å². The molecular formula is C15H14Cl2N2O4. The number of amides is 1. The van der Waals surface area contributed by atoms with E-state index in [9.17, 15) is 9.59 Å². The van der Waals surface area contributed by atoms with Gasteiger partial charge >= 0.3 is 5.97 Å². The summed E-state index contributed by atoms with van der Waals surface area (Å²) in [4.78, 5) is 28.0. The van der Waals surface area contributed by atoms with Gasteiger partial charge in [-0.15, -0.1) is 0 Å². The van der Waals surface area contributed by atoms with Gasteiger partial charge in [0.25, 0.3) is 5.91 Å². The van der Waals surface area contributed by atoms with Crippen molar-refractivity contribution >= 4 is 46.0 Å². The van der Waals surface area contributed by atoms with Crippen molar-refractivity contribution in [3.8, 4) is 0 Å². The van der Waals surface area contributed by atoms with Gasteiger partial charge in [-0.1, -0.05) is 23.2 Å². The molecule has 1 atom stereocenters. The Morgan fingerprint density at radius 1 is 1.39 bits per heavy atom. The molecule has 1 aliphatic heterocycles. The van der Waals surface area contributed by atoms with Crippen molar-refractivity contribution in [2.24, 2.45) is 0 Å². The Hall–Kier alpha value is -1.76. The summed E-state index contributed by atoms with van der Waals surface area (Å²) in [7, 11) is 0. The highest BCUT2D eigenvalue weighted by Gasteiger charge is 2.29. The first-order chi connectivity index (χ1) is 11.0. The van der Waals surface area contributed by atoms with Crippen LogP contribution in [0.4, 0.5) is 0 Å². The van der Waals surface area contributed by atoms with Crippen molar-refractivity contribution in [3.63, 3.8) is 0 Å². The number of morpholine rings is 1. The maximum Gasteiger partial charge on any atom is 0.306 e. The van der Waals surface area contributed by atoms with Crippen molar-refractivity contribution in [3.05, 3.63) is 33.9 Å². The lowest BCUT2D eigenvalue weighted by molar-refractivity contribution is -0.141. The van der Waals surface area contributed by atoms with Crippen LogP contribution in [0.2, 0.25) is 10.0 Å². The second-order valence-electron chi connectivity index (χ2n) is 5.35. The average molecular weight is 357 g/mol. The van der Waals surface area contributed by atoms with Crippen molar-refractivity contribution < 1.29 is 19.4 Å². The number of fused-ring (bicyclic) bond motifs is 1. The molecule has 1 unspecified atom stereocenters. The van der Waals surface area contributed by atoms with Crippen LogP contribution in [-0.2, 0) is 9.53 Å². The van der Waals surface area contributed by atoms with E-state index in [1.54, 1.807) is 23.1 Å². The number of carbonyl (C=O) groups is 2. The number of hydrogen-bond donors (Lipinski definition) is 2. The Morgan fingerprint density at radius 2 is 2.17 bits per heavy atom. The summed E-state index contributed by atoms with van der Waals surface area (Å²) in [6.07, 6.45) is -0.650. The molecule has 2 heterocycles. The molecule has 2 N–H and O–H groups in total. The minimum absolute atomic E-state index is 0.139. The van der Waals surface area contributed by atoms with Gasteiger partial charge < -0.3 is 19.7 Å². The fourth-order valence-electron chi connectivity index (χ4n) is 2.66. The first-order valence-corrected chi connectivity index (χ1v) is 7.80. The summed E-state index contributed by atoms with van der Waals surface area (Å²) < 4.78 is 5.37. The lowest BCUT2D eigenvalue weighted by Gasteiger charge is -2.32. The molecule has 0 bridgehead atoms.